The van der Waals surface area contributed by atoms with E-state index in [2.05, 4.69) is 4.74 Å². The zero-order valence-electron chi connectivity index (χ0n) is 15.3. The predicted octanol–water partition coefficient (Wildman–Crippen LogP) is 1.82. The van der Waals surface area contributed by atoms with E-state index in [4.69, 9.17) is 9.29 Å². The lowest BCUT2D eigenvalue weighted by Crippen LogP contribution is -2.58. The molecule has 4 saturated carbocycles. The second-order valence-electron chi connectivity index (χ2n) is 8.49. The molecule has 0 amide bonds. The maximum Gasteiger partial charge on any atom is 0.432 e. The van der Waals surface area contributed by atoms with Crippen molar-refractivity contribution < 1.29 is 59.1 Å². The van der Waals surface area contributed by atoms with E-state index in [-0.39, 0.29) is 18.3 Å². The van der Waals surface area contributed by atoms with Crippen LogP contribution in [0.4, 0.5) is 22.0 Å². The summed E-state index contributed by atoms with van der Waals surface area (Å²) in [4.78, 5) is 24.1. The van der Waals surface area contributed by atoms with Gasteiger partial charge in [0.05, 0.1) is 11.0 Å². The molecule has 0 aromatic rings. The highest BCUT2D eigenvalue weighted by atomic mass is 32.2. The van der Waals surface area contributed by atoms with Gasteiger partial charge in [-0.25, -0.2) is 4.79 Å². The summed E-state index contributed by atoms with van der Waals surface area (Å²) in [6, 6.07) is 0. The molecule has 172 valence electrons. The Morgan fingerprint density at radius 2 is 1.60 bits per heavy atom. The van der Waals surface area contributed by atoms with E-state index in [9.17, 15) is 45.1 Å². The summed E-state index contributed by atoms with van der Waals surface area (Å²) in [6.07, 6.45) is -7.90. The van der Waals surface area contributed by atoms with Crippen LogP contribution in [0.5, 0.6) is 0 Å². The summed E-state index contributed by atoms with van der Waals surface area (Å²) in [5, 5.41) is 4.71. The fourth-order valence-electron chi connectivity index (χ4n) is 5.36. The number of ether oxygens (including phenoxy) is 2. The van der Waals surface area contributed by atoms with E-state index in [0.717, 1.165) is 6.42 Å². The van der Waals surface area contributed by atoms with Gasteiger partial charge in [0, 0.05) is 0 Å². The summed E-state index contributed by atoms with van der Waals surface area (Å²) in [7, 11) is -6.57. The van der Waals surface area contributed by atoms with Gasteiger partial charge >= 0.3 is 33.5 Å². The molecule has 0 saturated heterocycles. The van der Waals surface area contributed by atoms with E-state index in [0.29, 0.717) is 25.7 Å². The Labute approximate surface area is 167 Å². The Morgan fingerprint density at radius 3 is 2.03 bits per heavy atom. The minimum atomic E-state index is -6.57. The normalized spacial score (nSPS) is 34.5. The maximum atomic E-state index is 13.4. The van der Waals surface area contributed by atoms with Crippen molar-refractivity contribution >= 4 is 22.1 Å². The predicted molar refractivity (Wildman–Crippen MR) is 85.5 cm³/mol. The number of rotatable bonds is 6. The van der Waals surface area contributed by atoms with Crippen LogP contribution in [0.15, 0.2) is 0 Å². The first-order valence-corrected chi connectivity index (χ1v) is 10.4. The van der Waals surface area contributed by atoms with Crippen molar-refractivity contribution in [3.05, 3.63) is 0 Å². The molecule has 4 aliphatic rings. The minimum absolute atomic E-state index is 0.0545. The fourth-order valence-corrected chi connectivity index (χ4v) is 5.81. The van der Waals surface area contributed by atoms with Gasteiger partial charge in [-0.05, 0) is 50.4 Å². The van der Waals surface area contributed by atoms with Gasteiger partial charge in [0.15, 0.2) is 6.61 Å². The molecular formula is C16H19F5O8S. The zero-order valence-corrected chi connectivity index (χ0v) is 16.1. The van der Waals surface area contributed by atoms with Crippen LogP contribution in [0.2, 0.25) is 0 Å². The lowest BCUT2D eigenvalue weighted by Gasteiger charge is -2.58. The first kappa shape index (κ1) is 23.1. The second-order valence-corrected chi connectivity index (χ2v) is 9.98. The van der Waals surface area contributed by atoms with Crippen LogP contribution in [0, 0.1) is 17.3 Å². The van der Waals surface area contributed by atoms with Crippen LogP contribution in [-0.4, -0.2) is 59.8 Å². The average molecular weight is 466 g/mol. The molecule has 8 nitrogen and oxygen atoms in total. The van der Waals surface area contributed by atoms with E-state index in [1.807, 2.05) is 0 Å². The van der Waals surface area contributed by atoms with Gasteiger partial charge in [-0.1, -0.05) is 0 Å². The molecule has 0 radical (unpaired) electrons. The van der Waals surface area contributed by atoms with Crippen molar-refractivity contribution in [3.63, 3.8) is 0 Å². The third-order valence-electron chi connectivity index (χ3n) is 5.98. The quantitative estimate of drug-likeness (QED) is 0.345. The van der Waals surface area contributed by atoms with Crippen LogP contribution in [0.1, 0.15) is 38.5 Å². The Morgan fingerprint density at radius 1 is 1.07 bits per heavy atom. The second kappa shape index (κ2) is 6.99. The highest BCUT2D eigenvalue weighted by molar-refractivity contribution is 7.86. The van der Waals surface area contributed by atoms with Crippen LogP contribution in [0.25, 0.3) is 0 Å². The maximum absolute atomic E-state index is 13.4. The number of carbonyl (C=O) groups is 2. The van der Waals surface area contributed by atoms with Crippen molar-refractivity contribution in [1.82, 2.24) is 0 Å². The molecule has 4 fully saturated rings. The van der Waals surface area contributed by atoms with Gasteiger partial charge in [0.25, 0.3) is 6.10 Å². The third kappa shape index (κ3) is 4.13. The van der Waals surface area contributed by atoms with E-state index in [1.165, 1.54) is 0 Å². The molecule has 0 aromatic heterocycles. The summed E-state index contributed by atoms with van der Waals surface area (Å²) in [5.74, 6) is -2.92. The minimum Gasteiger partial charge on any atom is -0.453 e. The van der Waals surface area contributed by atoms with Crippen molar-refractivity contribution in [1.29, 1.82) is 0 Å². The lowest BCUT2D eigenvalue weighted by atomic mass is 9.48. The first-order chi connectivity index (χ1) is 13.5. The number of halogens is 5. The first-order valence-electron chi connectivity index (χ1n) is 8.98. The molecule has 3 unspecified atom stereocenters. The van der Waals surface area contributed by atoms with Gasteiger partial charge in [0.2, 0.25) is 0 Å². The zero-order chi connectivity index (χ0) is 22.8. The molecule has 14 heteroatoms. The Hall–Kier alpha value is -1.54. The van der Waals surface area contributed by atoms with Crippen molar-refractivity contribution in [2.24, 2.45) is 17.3 Å². The fraction of sp³-hybridized carbons (Fsp3) is 0.875. The van der Waals surface area contributed by atoms with Crippen LogP contribution >= 0.6 is 0 Å². The Bertz CT molecular complexity index is 825. The van der Waals surface area contributed by atoms with E-state index >= 15 is 0 Å². The number of hydrogen-bond donors (Lipinski definition) is 2. The number of esters is 2. The number of carbonyl (C=O) groups excluding carboxylic acids is 2. The highest BCUT2D eigenvalue weighted by Crippen LogP contribution is 2.62. The molecule has 4 aliphatic carbocycles. The third-order valence-corrected chi connectivity index (χ3v) is 6.88. The topological polar surface area (TPSA) is 127 Å². The largest absolute Gasteiger partial charge is 0.453 e. The average Bonchev–Trinajstić information content (AvgIpc) is 2.53. The summed E-state index contributed by atoms with van der Waals surface area (Å²) in [6.45, 7) is -1.47. The van der Waals surface area contributed by atoms with Gasteiger partial charge in [-0.15, -0.1) is 0 Å². The smallest absolute Gasteiger partial charge is 0.432 e. The van der Waals surface area contributed by atoms with Crippen molar-refractivity contribution in [2.75, 3.05) is 6.61 Å². The molecule has 0 aromatic carbocycles. The molecule has 4 bridgehead atoms. The van der Waals surface area contributed by atoms with Crippen molar-refractivity contribution in [2.45, 2.75) is 61.7 Å². The SMILES string of the molecule is O=C(COC(=O)C12CC3CC(CC(O)(C3)C1)C2)OC(C(F)(F)F)C(F)(F)S(=O)(=O)O. The Balaban J connectivity index is 1.66. The molecule has 3 atom stereocenters. The van der Waals surface area contributed by atoms with Crippen LogP contribution in [0.3, 0.4) is 0 Å². The number of hydrogen-bond acceptors (Lipinski definition) is 7. The Kier molecular flexibility index (Phi) is 5.39. The molecular weight excluding hydrogens is 447 g/mol. The molecule has 2 N–H and O–H groups in total. The van der Waals surface area contributed by atoms with E-state index < -0.39 is 57.2 Å². The molecule has 0 aliphatic heterocycles. The summed E-state index contributed by atoms with van der Waals surface area (Å²) >= 11 is 0. The number of alkyl halides is 5. The van der Waals surface area contributed by atoms with Gasteiger partial charge in [0.1, 0.15) is 0 Å². The monoisotopic (exact) mass is 466 g/mol. The molecule has 30 heavy (non-hydrogen) atoms. The molecule has 0 spiro atoms. The molecule has 0 heterocycles. The van der Waals surface area contributed by atoms with Crippen molar-refractivity contribution in [3.8, 4) is 0 Å². The standard InChI is InChI=1S/C16H19F5O8S/c17-15(18,19)11(16(20,21)30(25,26)27)29-10(22)6-28-12(23)13-2-8-1-9(3-13)5-14(24,4-8)7-13/h8-9,11,24H,1-7H2,(H,25,26,27). The van der Waals surface area contributed by atoms with Crippen LogP contribution in [-0.2, 0) is 29.2 Å². The van der Waals surface area contributed by atoms with Gasteiger partial charge in [-0.2, -0.15) is 30.4 Å². The van der Waals surface area contributed by atoms with Gasteiger partial charge < -0.3 is 14.6 Å². The summed E-state index contributed by atoms with van der Waals surface area (Å²) in [5.41, 5.74) is -2.19. The lowest BCUT2D eigenvalue weighted by molar-refractivity contribution is -0.260. The van der Waals surface area contributed by atoms with Crippen LogP contribution < -0.4 is 0 Å². The molecule has 4 rings (SSSR count). The summed E-state index contributed by atoms with van der Waals surface area (Å²) < 4.78 is 103. The van der Waals surface area contributed by atoms with Gasteiger partial charge in [-0.3, -0.25) is 9.35 Å². The highest BCUT2D eigenvalue weighted by Gasteiger charge is 2.66. The number of aliphatic hydroxyl groups is 1. The van der Waals surface area contributed by atoms with E-state index in [1.54, 1.807) is 0 Å².